The number of H-pyrrole nitrogens is 1. The molecule has 2 aromatic heterocycles. The first-order valence-corrected chi connectivity index (χ1v) is 6.65. The molecule has 0 bridgehead atoms. The van der Waals surface area contributed by atoms with Crippen molar-refractivity contribution in [2.75, 3.05) is 12.8 Å². The normalized spacial score (nSPS) is 12.1. The summed E-state index contributed by atoms with van der Waals surface area (Å²) >= 11 is 0.815. The molecule has 2 heterocycles. The second kappa shape index (κ2) is 4.35. The Bertz CT molecular complexity index is 590. The van der Waals surface area contributed by atoms with Gasteiger partial charge in [0, 0.05) is 7.05 Å². The maximum absolute atomic E-state index is 12.0. The Morgan fingerprint density at radius 3 is 2.82 bits per heavy atom. The molecule has 0 aliphatic rings. The van der Waals surface area contributed by atoms with Crippen molar-refractivity contribution >= 4 is 26.5 Å². The number of hydrogen-bond donors (Lipinski definition) is 2. The third-order valence-corrected chi connectivity index (χ3v) is 4.79. The minimum absolute atomic E-state index is 0.0712. The molecule has 0 amide bonds. The molecule has 92 valence electrons. The fourth-order valence-electron chi connectivity index (χ4n) is 1.06. The van der Waals surface area contributed by atoms with Crippen molar-refractivity contribution in [3.05, 3.63) is 12.2 Å². The Hall–Kier alpha value is -1.59. The highest BCUT2D eigenvalue weighted by Crippen LogP contribution is 2.20. The van der Waals surface area contributed by atoms with Gasteiger partial charge in [-0.05, 0) is 0 Å². The average molecular weight is 275 g/mol. The molecule has 0 saturated carbocycles. The lowest BCUT2D eigenvalue weighted by Gasteiger charge is -2.12. The lowest BCUT2D eigenvalue weighted by atomic mass is 10.6. The van der Waals surface area contributed by atoms with Gasteiger partial charge < -0.3 is 5.73 Å². The minimum Gasteiger partial charge on any atom is -0.374 e. The maximum atomic E-state index is 12.0. The van der Waals surface area contributed by atoms with Gasteiger partial charge in [0.15, 0.2) is 0 Å². The molecule has 2 rings (SSSR count). The first-order chi connectivity index (χ1) is 8.00. The quantitative estimate of drug-likeness (QED) is 0.736. The molecular formula is C6H9N7O2S2. The van der Waals surface area contributed by atoms with E-state index in [2.05, 4.69) is 25.4 Å². The molecule has 0 aromatic carbocycles. The summed E-state index contributed by atoms with van der Waals surface area (Å²) in [5, 5.41) is 13.3. The van der Waals surface area contributed by atoms with Gasteiger partial charge in [0.2, 0.25) is 9.47 Å². The molecule has 9 nitrogen and oxygen atoms in total. The van der Waals surface area contributed by atoms with E-state index >= 15 is 0 Å². The van der Waals surface area contributed by atoms with E-state index in [4.69, 9.17) is 5.73 Å². The third-order valence-electron chi connectivity index (χ3n) is 1.89. The van der Waals surface area contributed by atoms with Gasteiger partial charge in [-0.25, -0.2) is 13.4 Å². The van der Waals surface area contributed by atoms with Gasteiger partial charge in [0.05, 0.1) is 6.54 Å². The molecule has 11 heteroatoms. The number of aromatic nitrogens is 5. The first-order valence-electron chi connectivity index (χ1n) is 4.39. The summed E-state index contributed by atoms with van der Waals surface area (Å²) in [6, 6.07) is 0. The Labute approximate surface area is 101 Å². The zero-order valence-electron chi connectivity index (χ0n) is 8.73. The Kier molecular flexibility index (Phi) is 3.04. The van der Waals surface area contributed by atoms with Crippen LogP contribution in [-0.4, -0.2) is 45.1 Å². The van der Waals surface area contributed by atoms with Crippen molar-refractivity contribution in [1.82, 2.24) is 29.7 Å². The zero-order valence-corrected chi connectivity index (χ0v) is 10.4. The van der Waals surface area contributed by atoms with Gasteiger partial charge in [0.1, 0.15) is 12.2 Å². The van der Waals surface area contributed by atoms with Crippen LogP contribution in [-0.2, 0) is 16.6 Å². The molecule has 0 atom stereocenters. The van der Waals surface area contributed by atoms with Crippen molar-refractivity contribution in [3.8, 4) is 0 Å². The van der Waals surface area contributed by atoms with Crippen molar-refractivity contribution in [1.29, 1.82) is 0 Å². The standard InChI is InChI=1S/C6H9N7O2S2/c1-13(2-4-8-3-9-10-4)17(14,15)6-12-11-5(7)16-6/h3H,2H2,1H3,(H2,7,11)(H,8,9,10). The predicted molar refractivity (Wildman–Crippen MR) is 59.4 cm³/mol. The summed E-state index contributed by atoms with van der Waals surface area (Å²) in [6.45, 7) is 0.0712. The topological polar surface area (TPSA) is 131 Å². The highest BCUT2D eigenvalue weighted by atomic mass is 32.2. The first kappa shape index (κ1) is 11.9. The van der Waals surface area contributed by atoms with E-state index in [1.165, 1.54) is 13.4 Å². The lowest BCUT2D eigenvalue weighted by molar-refractivity contribution is 0.456. The summed E-state index contributed by atoms with van der Waals surface area (Å²) in [6.07, 6.45) is 1.30. The summed E-state index contributed by atoms with van der Waals surface area (Å²) < 4.78 is 24.9. The molecule has 0 fully saturated rings. The van der Waals surface area contributed by atoms with E-state index in [0.29, 0.717) is 5.82 Å². The predicted octanol–water partition coefficient (Wildman–Crippen LogP) is -0.941. The Balaban J connectivity index is 2.21. The highest BCUT2D eigenvalue weighted by Gasteiger charge is 2.25. The van der Waals surface area contributed by atoms with Gasteiger partial charge in [-0.15, -0.1) is 10.2 Å². The number of nitrogens with zero attached hydrogens (tertiary/aromatic N) is 5. The van der Waals surface area contributed by atoms with Crippen LogP contribution in [0.25, 0.3) is 0 Å². The molecule has 0 saturated heterocycles. The van der Waals surface area contributed by atoms with Crippen LogP contribution < -0.4 is 5.73 Å². The molecule has 0 unspecified atom stereocenters. The number of rotatable bonds is 4. The molecule has 0 aliphatic carbocycles. The number of aromatic amines is 1. The fourth-order valence-corrected chi connectivity index (χ4v) is 3.17. The van der Waals surface area contributed by atoms with E-state index in [1.807, 2.05) is 0 Å². The summed E-state index contributed by atoms with van der Waals surface area (Å²) in [4.78, 5) is 3.84. The third kappa shape index (κ3) is 2.40. The number of anilines is 1. The number of hydrogen-bond acceptors (Lipinski definition) is 8. The van der Waals surface area contributed by atoms with E-state index in [9.17, 15) is 8.42 Å². The second-order valence-corrected chi connectivity index (χ2v) is 6.33. The maximum Gasteiger partial charge on any atom is 0.272 e. The summed E-state index contributed by atoms with van der Waals surface area (Å²) in [7, 11) is -2.27. The molecule has 0 spiro atoms. The van der Waals surface area contributed by atoms with E-state index in [1.54, 1.807) is 0 Å². The van der Waals surface area contributed by atoms with Crippen LogP contribution in [0.1, 0.15) is 5.82 Å². The molecule has 17 heavy (non-hydrogen) atoms. The van der Waals surface area contributed by atoms with Crippen LogP contribution in [0.2, 0.25) is 0 Å². The smallest absolute Gasteiger partial charge is 0.272 e. The second-order valence-electron chi connectivity index (χ2n) is 3.10. The monoisotopic (exact) mass is 275 g/mol. The summed E-state index contributed by atoms with van der Waals surface area (Å²) in [5.74, 6) is 0.438. The van der Waals surface area contributed by atoms with E-state index in [-0.39, 0.29) is 16.0 Å². The van der Waals surface area contributed by atoms with Crippen LogP contribution in [0.5, 0.6) is 0 Å². The number of sulfonamides is 1. The van der Waals surface area contributed by atoms with Gasteiger partial charge in [-0.1, -0.05) is 11.3 Å². The number of nitrogens with one attached hydrogen (secondary N) is 1. The SMILES string of the molecule is CN(Cc1ncn[nH]1)S(=O)(=O)c1nnc(N)s1. The van der Waals surface area contributed by atoms with Gasteiger partial charge in [0.25, 0.3) is 10.0 Å². The van der Waals surface area contributed by atoms with Gasteiger partial charge >= 0.3 is 0 Å². The minimum atomic E-state index is -3.68. The Morgan fingerprint density at radius 2 is 2.29 bits per heavy atom. The van der Waals surface area contributed by atoms with Gasteiger partial charge in [-0.3, -0.25) is 5.10 Å². The van der Waals surface area contributed by atoms with Crippen molar-refractivity contribution in [2.45, 2.75) is 10.9 Å². The van der Waals surface area contributed by atoms with E-state index < -0.39 is 10.0 Å². The van der Waals surface area contributed by atoms with Crippen LogP contribution in [0.3, 0.4) is 0 Å². The molecule has 0 radical (unpaired) electrons. The lowest BCUT2D eigenvalue weighted by Crippen LogP contribution is -2.27. The zero-order chi connectivity index (χ0) is 12.5. The Morgan fingerprint density at radius 1 is 1.53 bits per heavy atom. The van der Waals surface area contributed by atoms with Crippen molar-refractivity contribution in [2.24, 2.45) is 0 Å². The molecule has 3 N–H and O–H groups in total. The van der Waals surface area contributed by atoms with Crippen LogP contribution in [0.4, 0.5) is 5.13 Å². The number of nitrogen functional groups attached to an aromatic ring is 1. The number of nitrogens with two attached hydrogens (primary N) is 1. The molecular weight excluding hydrogens is 266 g/mol. The van der Waals surface area contributed by atoms with Crippen molar-refractivity contribution in [3.63, 3.8) is 0 Å². The van der Waals surface area contributed by atoms with Crippen LogP contribution in [0, 0.1) is 0 Å². The fraction of sp³-hybridized carbons (Fsp3) is 0.333. The van der Waals surface area contributed by atoms with Crippen LogP contribution >= 0.6 is 11.3 Å². The molecule has 2 aromatic rings. The van der Waals surface area contributed by atoms with Gasteiger partial charge in [-0.2, -0.15) is 9.40 Å². The van der Waals surface area contributed by atoms with Crippen LogP contribution in [0.15, 0.2) is 10.7 Å². The van der Waals surface area contributed by atoms with E-state index in [0.717, 1.165) is 15.6 Å². The average Bonchev–Trinajstić information content (AvgIpc) is 2.89. The molecule has 0 aliphatic heterocycles. The van der Waals surface area contributed by atoms with Crippen molar-refractivity contribution < 1.29 is 8.42 Å². The summed E-state index contributed by atoms with van der Waals surface area (Å²) in [5.41, 5.74) is 5.34. The largest absolute Gasteiger partial charge is 0.374 e. The highest BCUT2D eigenvalue weighted by molar-refractivity contribution is 7.91.